The van der Waals surface area contributed by atoms with E-state index >= 15 is 0 Å². The van der Waals surface area contributed by atoms with Crippen LogP contribution in [-0.2, 0) is 16.6 Å². The quantitative estimate of drug-likeness (QED) is 0.912. The maximum Gasteiger partial charge on any atom is 0.262 e. The van der Waals surface area contributed by atoms with E-state index < -0.39 is 10.0 Å². The van der Waals surface area contributed by atoms with Gasteiger partial charge in [0.15, 0.2) is 0 Å². The molecule has 0 bridgehead atoms. The van der Waals surface area contributed by atoms with Crippen molar-refractivity contribution in [2.75, 3.05) is 4.72 Å². The molecule has 0 spiro atoms. The van der Waals surface area contributed by atoms with Crippen LogP contribution in [0.25, 0.3) is 0 Å². The van der Waals surface area contributed by atoms with Crippen molar-refractivity contribution in [2.24, 2.45) is 5.73 Å². The van der Waals surface area contributed by atoms with E-state index in [0.29, 0.717) is 17.8 Å². The van der Waals surface area contributed by atoms with E-state index in [1.807, 2.05) is 32.0 Å². The zero-order valence-corrected chi connectivity index (χ0v) is 13.3. The average molecular weight is 304 g/mol. The van der Waals surface area contributed by atoms with Gasteiger partial charge in [-0.15, -0.1) is 0 Å². The van der Waals surface area contributed by atoms with Crippen molar-refractivity contribution in [3.05, 3.63) is 58.7 Å². The normalized spacial score (nSPS) is 11.4. The molecule has 0 aliphatic carbocycles. The fourth-order valence-electron chi connectivity index (χ4n) is 2.19. The fourth-order valence-corrected chi connectivity index (χ4v) is 3.62. The highest BCUT2D eigenvalue weighted by molar-refractivity contribution is 7.92. The number of aryl methyl sites for hydroxylation is 3. The molecule has 0 aliphatic rings. The third-order valence-corrected chi connectivity index (χ3v) is 4.91. The van der Waals surface area contributed by atoms with Gasteiger partial charge in [0.2, 0.25) is 0 Å². The molecule has 0 heterocycles. The molecule has 0 aromatic heterocycles. The number of anilines is 1. The van der Waals surface area contributed by atoms with Crippen LogP contribution in [0.5, 0.6) is 0 Å². The monoisotopic (exact) mass is 304 g/mol. The van der Waals surface area contributed by atoms with Crippen molar-refractivity contribution in [3.63, 3.8) is 0 Å². The van der Waals surface area contributed by atoms with Gasteiger partial charge in [0.25, 0.3) is 10.0 Å². The molecule has 0 atom stereocenters. The first-order chi connectivity index (χ1) is 9.83. The molecule has 0 saturated carbocycles. The number of nitrogens with two attached hydrogens (primary N) is 1. The Morgan fingerprint density at radius 3 is 2.33 bits per heavy atom. The smallest absolute Gasteiger partial charge is 0.262 e. The van der Waals surface area contributed by atoms with Crippen LogP contribution in [0.15, 0.2) is 41.3 Å². The second-order valence-electron chi connectivity index (χ2n) is 5.23. The van der Waals surface area contributed by atoms with Crippen molar-refractivity contribution in [1.82, 2.24) is 0 Å². The average Bonchev–Trinajstić information content (AvgIpc) is 2.42. The number of benzene rings is 2. The van der Waals surface area contributed by atoms with E-state index in [1.54, 1.807) is 25.1 Å². The van der Waals surface area contributed by atoms with Gasteiger partial charge in [0, 0.05) is 6.54 Å². The van der Waals surface area contributed by atoms with Gasteiger partial charge in [-0.2, -0.15) is 0 Å². The van der Waals surface area contributed by atoms with Gasteiger partial charge in [0.1, 0.15) is 0 Å². The van der Waals surface area contributed by atoms with Gasteiger partial charge in [-0.05, 0) is 49.6 Å². The first-order valence-electron chi connectivity index (χ1n) is 6.73. The molecule has 0 unspecified atom stereocenters. The maximum atomic E-state index is 12.6. The van der Waals surface area contributed by atoms with Gasteiger partial charge >= 0.3 is 0 Å². The van der Waals surface area contributed by atoms with Crippen molar-refractivity contribution in [3.8, 4) is 0 Å². The number of nitrogens with one attached hydrogen (secondary N) is 1. The van der Waals surface area contributed by atoms with E-state index in [1.165, 1.54) is 0 Å². The summed E-state index contributed by atoms with van der Waals surface area (Å²) >= 11 is 0. The summed E-state index contributed by atoms with van der Waals surface area (Å²) in [6.07, 6.45) is 0. The molecule has 112 valence electrons. The number of hydrogen-bond donors (Lipinski definition) is 2. The molecule has 21 heavy (non-hydrogen) atoms. The summed E-state index contributed by atoms with van der Waals surface area (Å²) in [5.74, 6) is 0. The standard InChI is InChI=1S/C16H20N2O2S/c1-11-4-7-15(13(3)8-11)18-21(19,20)16-9-14(10-17)6-5-12(16)2/h4-9,18H,10,17H2,1-3H3. The summed E-state index contributed by atoms with van der Waals surface area (Å²) in [6.45, 7) is 5.94. The Morgan fingerprint density at radius 1 is 1.00 bits per heavy atom. The second kappa shape index (κ2) is 5.87. The first-order valence-corrected chi connectivity index (χ1v) is 8.21. The molecular formula is C16H20N2O2S. The zero-order chi connectivity index (χ0) is 15.6. The molecule has 0 aliphatic heterocycles. The van der Waals surface area contributed by atoms with Gasteiger partial charge in [-0.1, -0.05) is 29.8 Å². The van der Waals surface area contributed by atoms with Gasteiger partial charge < -0.3 is 5.73 Å². The van der Waals surface area contributed by atoms with Crippen LogP contribution in [-0.4, -0.2) is 8.42 Å². The highest BCUT2D eigenvalue weighted by Crippen LogP contribution is 2.23. The van der Waals surface area contributed by atoms with Crippen LogP contribution in [0.3, 0.4) is 0 Å². The van der Waals surface area contributed by atoms with Crippen LogP contribution in [0.1, 0.15) is 22.3 Å². The fraction of sp³-hybridized carbons (Fsp3) is 0.250. The predicted molar refractivity (Wildman–Crippen MR) is 85.8 cm³/mol. The van der Waals surface area contributed by atoms with E-state index in [0.717, 1.165) is 16.7 Å². The highest BCUT2D eigenvalue weighted by Gasteiger charge is 2.18. The SMILES string of the molecule is Cc1ccc(NS(=O)(=O)c2cc(CN)ccc2C)c(C)c1. The Hall–Kier alpha value is -1.85. The molecule has 0 fully saturated rings. The lowest BCUT2D eigenvalue weighted by atomic mass is 10.1. The first kappa shape index (κ1) is 15.5. The largest absolute Gasteiger partial charge is 0.326 e. The molecule has 5 heteroatoms. The molecule has 3 N–H and O–H groups in total. The van der Waals surface area contributed by atoms with Crippen molar-refractivity contribution >= 4 is 15.7 Å². The molecular weight excluding hydrogens is 284 g/mol. The van der Waals surface area contributed by atoms with Gasteiger partial charge in [-0.3, -0.25) is 4.72 Å². The summed E-state index contributed by atoms with van der Waals surface area (Å²) in [5.41, 5.74) is 9.67. The van der Waals surface area contributed by atoms with E-state index in [9.17, 15) is 8.42 Å². The minimum atomic E-state index is -3.62. The van der Waals surface area contributed by atoms with E-state index in [4.69, 9.17) is 5.73 Å². The minimum absolute atomic E-state index is 0.269. The lowest BCUT2D eigenvalue weighted by Crippen LogP contribution is -2.15. The summed E-state index contributed by atoms with van der Waals surface area (Å²) < 4.78 is 27.8. The minimum Gasteiger partial charge on any atom is -0.326 e. The Morgan fingerprint density at radius 2 is 1.71 bits per heavy atom. The zero-order valence-electron chi connectivity index (χ0n) is 12.5. The Bertz CT molecular complexity index is 768. The third-order valence-electron chi connectivity index (χ3n) is 3.40. The molecule has 4 nitrogen and oxygen atoms in total. The summed E-state index contributed by atoms with van der Waals surface area (Å²) in [7, 11) is -3.62. The molecule has 0 radical (unpaired) electrons. The Kier molecular flexibility index (Phi) is 4.34. The van der Waals surface area contributed by atoms with Gasteiger partial charge in [0.05, 0.1) is 10.6 Å². The summed E-state index contributed by atoms with van der Waals surface area (Å²) in [6, 6.07) is 10.9. The van der Waals surface area contributed by atoms with Gasteiger partial charge in [-0.25, -0.2) is 8.42 Å². The maximum absolute atomic E-state index is 12.6. The van der Waals surface area contributed by atoms with Crippen molar-refractivity contribution in [2.45, 2.75) is 32.2 Å². The van der Waals surface area contributed by atoms with Crippen LogP contribution < -0.4 is 10.5 Å². The van der Waals surface area contributed by atoms with E-state index in [2.05, 4.69) is 4.72 Å². The van der Waals surface area contributed by atoms with Crippen molar-refractivity contribution in [1.29, 1.82) is 0 Å². The number of rotatable bonds is 4. The second-order valence-corrected chi connectivity index (χ2v) is 6.88. The molecule has 0 saturated heterocycles. The molecule has 0 amide bonds. The third kappa shape index (κ3) is 3.43. The Labute approximate surface area is 126 Å². The highest BCUT2D eigenvalue weighted by atomic mass is 32.2. The lowest BCUT2D eigenvalue weighted by molar-refractivity contribution is 0.600. The lowest BCUT2D eigenvalue weighted by Gasteiger charge is -2.13. The van der Waals surface area contributed by atoms with Crippen LogP contribution in [0.2, 0.25) is 0 Å². The number of hydrogen-bond acceptors (Lipinski definition) is 3. The summed E-state index contributed by atoms with van der Waals surface area (Å²) in [5, 5.41) is 0. The predicted octanol–water partition coefficient (Wildman–Crippen LogP) is 2.87. The number of sulfonamides is 1. The van der Waals surface area contributed by atoms with Crippen LogP contribution in [0, 0.1) is 20.8 Å². The topological polar surface area (TPSA) is 72.2 Å². The molecule has 2 aromatic rings. The van der Waals surface area contributed by atoms with Crippen LogP contribution >= 0.6 is 0 Å². The molecule has 2 rings (SSSR count). The van der Waals surface area contributed by atoms with Crippen molar-refractivity contribution < 1.29 is 8.42 Å². The molecule has 2 aromatic carbocycles. The van der Waals surface area contributed by atoms with E-state index in [-0.39, 0.29) is 4.90 Å². The summed E-state index contributed by atoms with van der Waals surface area (Å²) in [4.78, 5) is 0.269. The van der Waals surface area contributed by atoms with Crippen LogP contribution in [0.4, 0.5) is 5.69 Å². The Balaban J connectivity index is 2.43.